The number of aryl methyl sites for hydroxylation is 1. The molecule has 1 aliphatic heterocycles. The molecule has 0 N–H and O–H groups in total. The minimum absolute atomic E-state index is 0.0333. The molecule has 6 heteroatoms. The van der Waals surface area contributed by atoms with Gasteiger partial charge in [-0.3, -0.25) is 4.79 Å². The number of imidazole rings is 1. The molecule has 0 atom stereocenters. The van der Waals surface area contributed by atoms with Crippen LogP contribution in [0.3, 0.4) is 0 Å². The van der Waals surface area contributed by atoms with E-state index < -0.39 is 5.97 Å². The number of likely N-dealkylation sites (tertiary alicyclic amines) is 1. The van der Waals surface area contributed by atoms with Crippen molar-refractivity contribution in [3.05, 3.63) is 17.7 Å². The fourth-order valence-electron chi connectivity index (χ4n) is 2.31. The molecule has 1 fully saturated rings. The lowest BCUT2D eigenvalue weighted by Crippen LogP contribution is -2.38. The molecule has 0 saturated carbocycles. The van der Waals surface area contributed by atoms with Gasteiger partial charge < -0.3 is 14.2 Å². The van der Waals surface area contributed by atoms with E-state index in [9.17, 15) is 9.59 Å². The van der Waals surface area contributed by atoms with Crippen LogP contribution in [0.2, 0.25) is 0 Å². The van der Waals surface area contributed by atoms with Crippen molar-refractivity contribution in [1.82, 2.24) is 14.5 Å². The number of ether oxygens (including phenoxy) is 1. The Morgan fingerprint density at radius 2 is 2.00 bits per heavy atom. The van der Waals surface area contributed by atoms with Gasteiger partial charge in [0.05, 0.1) is 13.3 Å². The van der Waals surface area contributed by atoms with E-state index in [0.29, 0.717) is 11.5 Å². The Labute approximate surface area is 112 Å². The van der Waals surface area contributed by atoms with E-state index in [-0.39, 0.29) is 12.5 Å². The number of carbonyl (C=O) groups is 2. The van der Waals surface area contributed by atoms with Crippen molar-refractivity contribution in [2.24, 2.45) is 0 Å². The summed E-state index contributed by atoms with van der Waals surface area (Å²) < 4.78 is 6.31. The first-order valence-electron chi connectivity index (χ1n) is 6.51. The first-order chi connectivity index (χ1) is 9.13. The SMILES string of the molecule is COC(=O)c1cnc(C)n1CC(=O)N1CCCCC1. The highest BCUT2D eigenvalue weighted by Gasteiger charge is 2.21. The summed E-state index contributed by atoms with van der Waals surface area (Å²) in [5.74, 6) is 0.212. The number of amides is 1. The summed E-state index contributed by atoms with van der Waals surface area (Å²) in [5, 5.41) is 0. The zero-order chi connectivity index (χ0) is 13.8. The molecule has 1 amide bonds. The van der Waals surface area contributed by atoms with E-state index in [0.717, 1.165) is 25.9 Å². The van der Waals surface area contributed by atoms with Crippen LogP contribution in [-0.2, 0) is 16.1 Å². The third-order valence-corrected chi connectivity index (χ3v) is 3.45. The maximum atomic E-state index is 12.2. The Kier molecular flexibility index (Phi) is 4.19. The van der Waals surface area contributed by atoms with Crippen molar-refractivity contribution in [3.8, 4) is 0 Å². The second-order valence-electron chi connectivity index (χ2n) is 4.71. The van der Waals surface area contributed by atoms with Crippen LogP contribution in [-0.4, -0.2) is 46.5 Å². The van der Waals surface area contributed by atoms with E-state index in [1.54, 1.807) is 11.5 Å². The summed E-state index contributed by atoms with van der Waals surface area (Å²) in [5.41, 5.74) is 0.324. The summed E-state index contributed by atoms with van der Waals surface area (Å²) in [4.78, 5) is 29.7. The summed E-state index contributed by atoms with van der Waals surface area (Å²) in [7, 11) is 1.32. The average molecular weight is 265 g/mol. The molecule has 0 bridgehead atoms. The van der Waals surface area contributed by atoms with E-state index in [1.807, 2.05) is 4.90 Å². The summed E-state index contributed by atoms with van der Waals surface area (Å²) in [6.45, 7) is 3.53. The maximum absolute atomic E-state index is 12.2. The van der Waals surface area contributed by atoms with Gasteiger partial charge in [0.1, 0.15) is 18.1 Å². The van der Waals surface area contributed by atoms with Crippen LogP contribution in [0.4, 0.5) is 0 Å². The molecule has 0 aromatic carbocycles. The van der Waals surface area contributed by atoms with Gasteiger partial charge >= 0.3 is 5.97 Å². The van der Waals surface area contributed by atoms with Gasteiger partial charge in [-0.1, -0.05) is 0 Å². The lowest BCUT2D eigenvalue weighted by molar-refractivity contribution is -0.132. The van der Waals surface area contributed by atoms with Gasteiger partial charge in [0.25, 0.3) is 0 Å². The Morgan fingerprint density at radius 3 is 2.63 bits per heavy atom. The van der Waals surface area contributed by atoms with E-state index in [1.165, 1.54) is 19.7 Å². The van der Waals surface area contributed by atoms with Gasteiger partial charge in [-0.25, -0.2) is 9.78 Å². The second-order valence-corrected chi connectivity index (χ2v) is 4.71. The fourth-order valence-corrected chi connectivity index (χ4v) is 2.31. The summed E-state index contributed by atoms with van der Waals surface area (Å²) in [6, 6.07) is 0. The third kappa shape index (κ3) is 2.94. The zero-order valence-electron chi connectivity index (χ0n) is 11.4. The Morgan fingerprint density at radius 1 is 1.32 bits per heavy atom. The molecule has 0 unspecified atom stereocenters. The summed E-state index contributed by atoms with van der Waals surface area (Å²) >= 11 is 0. The Hall–Kier alpha value is -1.85. The maximum Gasteiger partial charge on any atom is 0.356 e. The highest BCUT2D eigenvalue weighted by atomic mass is 16.5. The minimum atomic E-state index is -0.466. The van der Waals surface area contributed by atoms with Gasteiger partial charge in [-0.2, -0.15) is 0 Å². The highest BCUT2D eigenvalue weighted by molar-refractivity contribution is 5.88. The van der Waals surface area contributed by atoms with Crippen molar-refractivity contribution in [1.29, 1.82) is 0 Å². The molecule has 0 radical (unpaired) electrons. The van der Waals surface area contributed by atoms with Gasteiger partial charge in [0, 0.05) is 13.1 Å². The van der Waals surface area contributed by atoms with E-state index in [2.05, 4.69) is 4.98 Å². The number of hydrogen-bond acceptors (Lipinski definition) is 4. The molecule has 19 heavy (non-hydrogen) atoms. The van der Waals surface area contributed by atoms with Crippen molar-refractivity contribution in [2.75, 3.05) is 20.2 Å². The van der Waals surface area contributed by atoms with Crippen molar-refractivity contribution in [3.63, 3.8) is 0 Å². The number of hydrogen-bond donors (Lipinski definition) is 0. The molecule has 104 valence electrons. The van der Waals surface area contributed by atoms with Crippen LogP contribution in [0.15, 0.2) is 6.20 Å². The van der Waals surface area contributed by atoms with Gasteiger partial charge in [0.15, 0.2) is 0 Å². The molecular formula is C13H19N3O3. The Bertz CT molecular complexity index is 475. The number of carbonyl (C=O) groups excluding carboxylic acids is 2. The predicted octanol–water partition coefficient (Wildman–Crippen LogP) is 0.991. The molecule has 2 heterocycles. The number of methoxy groups -OCH3 is 1. The summed E-state index contributed by atoms with van der Waals surface area (Å²) in [6.07, 6.45) is 4.74. The lowest BCUT2D eigenvalue weighted by atomic mass is 10.1. The molecule has 0 spiro atoms. The Balaban J connectivity index is 2.11. The largest absolute Gasteiger partial charge is 0.464 e. The van der Waals surface area contributed by atoms with Gasteiger partial charge in [0.2, 0.25) is 5.91 Å². The third-order valence-electron chi connectivity index (χ3n) is 3.45. The smallest absolute Gasteiger partial charge is 0.356 e. The first-order valence-corrected chi connectivity index (χ1v) is 6.51. The van der Waals surface area contributed by atoms with Crippen LogP contribution >= 0.6 is 0 Å². The monoisotopic (exact) mass is 265 g/mol. The van der Waals surface area contributed by atoms with Crippen molar-refractivity contribution >= 4 is 11.9 Å². The second kappa shape index (κ2) is 5.86. The minimum Gasteiger partial charge on any atom is -0.464 e. The number of rotatable bonds is 3. The zero-order valence-corrected chi connectivity index (χ0v) is 11.4. The van der Waals surface area contributed by atoms with E-state index in [4.69, 9.17) is 4.74 Å². The predicted molar refractivity (Wildman–Crippen MR) is 68.7 cm³/mol. The van der Waals surface area contributed by atoms with E-state index >= 15 is 0 Å². The molecule has 1 aliphatic rings. The lowest BCUT2D eigenvalue weighted by Gasteiger charge is -2.27. The number of aromatic nitrogens is 2. The fraction of sp³-hybridized carbons (Fsp3) is 0.615. The quantitative estimate of drug-likeness (QED) is 0.765. The number of esters is 1. The molecular weight excluding hydrogens is 246 g/mol. The van der Waals surface area contributed by atoms with Crippen LogP contribution in [0.25, 0.3) is 0 Å². The van der Waals surface area contributed by atoms with Gasteiger partial charge in [-0.05, 0) is 26.2 Å². The van der Waals surface area contributed by atoms with Crippen molar-refractivity contribution < 1.29 is 14.3 Å². The highest BCUT2D eigenvalue weighted by Crippen LogP contribution is 2.12. The normalized spacial score (nSPS) is 15.4. The van der Waals surface area contributed by atoms with Crippen LogP contribution in [0.1, 0.15) is 35.6 Å². The van der Waals surface area contributed by atoms with Crippen molar-refractivity contribution in [2.45, 2.75) is 32.7 Å². The van der Waals surface area contributed by atoms with Crippen LogP contribution < -0.4 is 0 Å². The average Bonchev–Trinajstić information content (AvgIpc) is 2.80. The molecule has 0 aliphatic carbocycles. The topological polar surface area (TPSA) is 64.4 Å². The van der Waals surface area contributed by atoms with Gasteiger partial charge in [-0.15, -0.1) is 0 Å². The molecule has 6 nitrogen and oxygen atoms in total. The first kappa shape index (κ1) is 13.6. The van der Waals surface area contributed by atoms with Crippen LogP contribution in [0.5, 0.6) is 0 Å². The molecule has 1 aromatic rings. The molecule has 1 aromatic heterocycles. The number of nitrogens with zero attached hydrogens (tertiary/aromatic N) is 3. The molecule has 1 saturated heterocycles. The van der Waals surface area contributed by atoms with Crippen LogP contribution in [0, 0.1) is 6.92 Å². The molecule has 2 rings (SSSR count). The standard InChI is InChI=1S/C13H19N3O3/c1-10-14-8-11(13(18)19-2)16(10)9-12(17)15-6-4-3-5-7-15/h8H,3-7,9H2,1-2H3. The number of piperidine rings is 1.